The van der Waals surface area contributed by atoms with Crippen molar-refractivity contribution in [3.05, 3.63) is 29.8 Å². The van der Waals surface area contributed by atoms with Crippen molar-refractivity contribution in [3.63, 3.8) is 0 Å². The molecule has 2 nitrogen and oxygen atoms in total. The van der Waals surface area contributed by atoms with Crippen LogP contribution in [0.2, 0.25) is 0 Å². The van der Waals surface area contributed by atoms with Crippen LogP contribution >= 0.6 is 0 Å². The zero-order valence-electron chi connectivity index (χ0n) is 10.5. The van der Waals surface area contributed by atoms with Gasteiger partial charge in [0, 0.05) is 19.1 Å². The van der Waals surface area contributed by atoms with Crippen LogP contribution in [0.4, 0.5) is 0 Å². The maximum Gasteiger partial charge on any atom is 0.115 e. The monoisotopic (exact) mass is 231 g/mol. The minimum atomic E-state index is 0.383. The summed E-state index contributed by atoms with van der Waals surface area (Å²) < 4.78 is 0. The summed E-state index contributed by atoms with van der Waals surface area (Å²) >= 11 is 0. The molecule has 17 heavy (non-hydrogen) atoms. The maximum atomic E-state index is 9.55. The van der Waals surface area contributed by atoms with Gasteiger partial charge in [-0.2, -0.15) is 0 Å². The van der Waals surface area contributed by atoms with E-state index in [4.69, 9.17) is 0 Å². The summed E-state index contributed by atoms with van der Waals surface area (Å²) in [5.41, 5.74) is 1.24. The standard InChI is InChI=1S/C15H21NO/c1-11(12-4-3-7-15(17)8-12)16-9-13-5-2-6-14(13)10-16/h3-4,7-8,11,13-14,17H,2,5-6,9-10H2,1H3. The average molecular weight is 231 g/mol. The number of hydrogen-bond donors (Lipinski definition) is 1. The molecule has 92 valence electrons. The summed E-state index contributed by atoms with van der Waals surface area (Å²) in [6.07, 6.45) is 4.28. The van der Waals surface area contributed by atoms with Crippen molar-refractivity contribution in [2.75, 3.05) is 13.1 Å². The third-order valence-corrected chi connectivity index (χ3v) is 4.65. The molecule has 1 aromatic carbocycles. The summed E-state index contributed by atoms with van der Waals surface area (Å²) in [6, 6.07) is 8.15. The predicted octanol–water partition coefficient (Wildman–Crippen LogP) is 3.19. The van der Waals surface area contributed by atoms with Crippen LogP contribution < -0.4 is 0 Å². The number of rotatable bonds is 2. The summed E-state index contributed by atoms with van der Waals surface area (Å²) in [5, 5.41) is 9.55. The fourth-order valence-electron chi connectivity index (χ4n) is 3.58. The number of phenols is 1. The first-order valence-electron chi connectivity index (χ1n) is 6.77. The minimum absolute atomic E-state index is 0.383. The van der Waals surface area contributed by atoms with Crippen LogP contribution in [0.5, 0.6) is 5.75 Å². The zero-order valence-corrected chi connectivity index (χ0v) is 10.5. The van der Waals surface area contributed by atoms with Crippen LogP contribution in [-0.2, 0) is 0 Å². The van der Waals surface area contributed by atoms with Gasteiger partial charge >= 0.3 is 0 Å². The van der Waals surface area contributed by atoms with E-state index in [9.17, 15) is 5.11 Å². The highest BCUT2D eigenvalue weighted by Crippen LogP contribution is 2.40. The highest BCUT2D eigenvalue weighted by molar-refractivity contribution is 5.29. The fourth-order valence-corrected chi connectivity index (χ4v) is 3.58. The molecule has 0 spiro atoms. The first-order chi connectivity index (χ1) is 8.24. The molecule has 3 atom stereocenters. The van der Waals surface area contributed by atoms with Gasteiger partial charge in [-0.05, 0) is 49.3 Å². The molecule has 1 aromatic rings. The molecular weight excluding hydrogens is 210 g/mol. The van der Waals surface area contributed by atoms with Gasteiger partial charge in [-0.15, -0.1) is 0 Å². The van der Waals surface area contributed by atoms with E-state index < -0.39 is 0 Å². The van der Waals surface area contributed by atoms with Crippen molar-refractivity contribution in [1.82, 2.24) is 4.90 Å². The molecule has 0 amide bonds. The Kier molecular flexibility index (Phi) is 2.83. The Bertz CT molecular complexity index is 392. The number of aromatic hydroxyl groups is 1. The number of nitrogens with zero attached hydrogens (tertiary/aromatic N) is 1. The minimum Gasteiger partial charge on any atom is -0.508 e. The summed E-state index contributed by atoms with van der Waals surface area (Å²) in [4.78, 5) is 2.59. The van der Waals surface area contributed by atoms with Gasteiger partial charge in [-0.3, -0.25) is 4.90 Å². The molecule has 1 N–H and O–H groups in total. The molecule has 0 aromatic heterocycles. The molecule has 3 unspecified atom stereocenters. The van der Waals surface area contributed by atoms with E-state index in [-0.39, 0.29) is 0 Å². The van der Waals surface area contributed by atoms with Gasteiger partial charge in [-0.1, -0.05) is 18.6 Å². The van der Waals surface area contributed by atoms with Gasteiger partial charge in [0.15, 0.2) is 0 Å². The Morgan fingerprint density at radius 2 is 1.94 bits per heavy atom. The quantitative estimate of drug-likeness (QED) is 0.845. The zero-order chi connectivity index (χ0) is 11.8. The van der Waals surface area contributed by atoms with Gasteiger partial charge in [-0.25, -0.2) is 0 Å². The van der Waals surface area contributed by atoms with Crippen LogP contribution in [-0.4, -0.2) is 23.1 Å². The lowest BCUT2D eigenvalue weighted by Gasteiger charge is -2.25. The molecule has 0 radical (unpaired) electrons. The molecular formula is C15H21NO. The lowest BCUT2D eigenvalue weighted by atomic mass is 10.0. The third kappa shape index (κ3) is 2.06. The highest BCUT2D eigenvalue weighted by atomic mass is 16.3. The Morgan fingerprint density at radius 3 is 2.59 bits per heavy atom. The largest absolute Gasteiger partial charge is 0.508 e. The maximum absolute atomic E-state index is 9.55. The topological polar surface area (TPSA) is 23.5 Å². The van der Waals surface area contributed by atoms with Gasteiger partial charge in [0.05, 0.1) is 0 Å². The van der Waals surface area contributed by atoms with Gasteiger partial charge in [0.1, 0.15) is 5.75 Å². The summed E-state index contributed by atoms with van der Waals surface area (Å²) in [6.45, 7) is 4.76. The van der Waals surface area contributed by atoms with E-state index in [1.165, 1.54) is 37.9 Å². The molecule has 2 aliphatic rings. The molecule has 1 heterocycles. The SMILES string of the molecule is CC(c1cccc(O)c1)N1CC2CCCC2C1. The van der Waals surface area contributed by atoms with Crippen LogP contribution in [0.3, 0.4) is 0 Å². The average Bonchev–Trinajstić information content (AvgIpc) is 2.88. The Balaban J connectivity index is 1.73. The second-order valence-corrected chi connectivity index (χ2v) is 5.68. The van der Waals surface area contributed by atoms with E-state index in [0.29, 0.717) is 11.8 Å². The van der Waals surface area contributed by atoms with E-state index >= 15 is 0 Å². The fraction of sp³-hybridized carbons (Fsp3) is 0.600. The molecule has 1 aliphatic heterocycles. The number of fused-ring (bicyclic) bond motifs is 1. The van der Waals surface area contributed by atoms with Crippen LogP contribution in [0.15, 0.2) is 24.3 Å². The molecule has 3 rings (SSSR count). The van der Waals surface area contributed by atoms with E-state index in [1.54, 1.807) is 6.07 Å². The van der Waals surface area contributed by atoms with E-state index in [2.05, 4.69) is 17.9 Å². The van der Waals surface area contributed by atoms with E-state index in [1.807, 2.05) is 12.1 Å². The molecule has 2 fully saturated rings. The normalized spacial score (nSPS) is 30.4. The smallest absolute Gasteiger partial charge is 0.115 e. The van der Waals surface area contributed by atoms with E-state index in [0.717, 1.165) is 11.8 Å². The first-order valence-corrected chi connectivity index (χ1v) is 6.77. The Labute approximate surface area is 103 Å². The summed E-state index contributed by atoms with van der Waals surface area (Å²) in [5.74, 6) is 2.26. The van der Waals surface area contributed by atoms with Crippen molar-refractivity contribution >= 4 is 0 Å². The lowest BCUT2D eigenvalue weighted by molar-refractivity contribution is 0.242. The third-order valence-electron chi connectivity index (χ3n) is 4.65. The van der Waals surface area contributed by atoms with Crippen molar-refractivity contribution in [2.45, 2.75) is 32.2 Å². The Hall–Kier alpha value is -1.02. The van der Waals surface area contributed by atoms with Gasteiger partial charge in [0.2, 0.25) is 0 Å². The van der Waals surface area contributed by atoms with Crippen LogP contribution in [0.1, 0.15) is 37.8 Å². The van der Waals surface area contributed by atoms with Crippen molar-refractivity contribution in [1.29, 1.82) is 0 Å². The second-order valence-electron chi connectivity index (χ2n) is 5.68. The highest BCUT2D eigenvalue weighted by Gasteiger charge is 2.37. The number of benzene rings is 1. The number of hydrogen-bond acceptors (Lipinski definition) is 2. The molecule has 2 heteroatoms. The van der Waals surface area contributed by atoms with Gasteiger partial charge in [0.25, 0.3) is 0 Å². The van der Waals surface area contributed by atoms with Gasteiger partial charge < -0.3 is 5.11 Å². The van der Waals surface area contributed by atoms with Crippen molar-refractivity contribution in [2.24, 2.45) is 11.8 Å². The summed E-state index contributed by atoms with van der Waals surface area (Å²) in [7, 11) is 0. The van der Waals surface area contributed by atoms with Crippen molar-refractivity contribution < 1.29 is 5.11 Å². The molecule has 0 bridgehead atoms. The molecule has 1 saturated carbocycles. The van der Waals surface area contributed by atoms with Crippen LogP contribution in [0, 0.1) is 11.8 Å². The van der Waals surface area contributed by atoms with Crippen LogP contribution in [0.25, 0.3) is 0 Å². The second kappa shape index (κ2) is 4.34. The number of likely N-dealkylation sites (tertiary alicyclic amines) is 1. The number of phenolic OH excluding ortho intramolecular Hbond substituents is 1. The Morgan fingerprint density at radius 1 is 1.24 bits per heavy atom. The first kappa shape index (κ1) is 11.1. The lowest BCUT2D eigenvalue weighted by Crippen LogP contribution is -2.25. The van der Waals surface area contributed by atoms with Crippen molar-refractivity contribution in [3.8, 4) is 5.75 Å². The predicted molar refractivity (Wildman–Crippen MR) is 68.9 cm³/mol. The molecule has 1 saturated heterocycles. The molecule has 1 aliphatic carbocycles.